The van der Waals surface area contributed by atoms with E-state index in [0.717, 1.165) is 43.6 Å². The van der Waals surface area contributed by atoms with Crippen molar-refractivity contribution in [3.05, 3.63) is 35.2 Å². The van der Waals surface area contributed by atoms with Crippen molar-refractivity contribution in [1.29, 1.82) is 0 Å². The lowest BCUT2D eigenvalue weighted by atomic mass is 9.96. The Kier molecular flexibility index (Phi) is 5.88. The number of nitrogens with one attached hydrogen (secondary N) is 1. The van der Waals surface area contributed by atoms with Crippen LogP contribution in [0.5, 0.6) is 0 Å². The van der Waals surface area contributed by atoms with Gasteiger partial charge in [0.25, 0.3) is 11.8 Å². The third-order valence-electron chi connectivity index (χ3n) is 5.11. The molecule has 1 amide bonds. The van der Waals surface area contributed by atoms with Gasteiger partial charge >= 0.3 is 6.01 Å². The fourth-order valence-electron chi connectivity index (χ4n) is 3.39. The van der Waals surface area contributed by atoms with Crippen LogP contribution in [0.2, 0.25) is 0 Å². The van der Waals surface area contributed by atoms with Gasteiger partial charge < -0.3 is 4.42 Å². The predicted octanol–water partition coefficient (Wildman–Crippen LogP) is 2.79. The van der Waals surface area contributed by atoms with Crippen molar-refractivity contribution < 1.29 is 17.6 Å². The van der Waals surface area contributed by atoms with Gasteiger partial charge in [-0.1, -0.05) is 28.8 Å². The molecular formula is C18H20N6O4S2. The topological polar surface area (TPSA) is 131 Å². The summed E-state index contributed by atoms with van der Waals surface area (Å²) in [5, 5.41) is 15.5. The minimum absolute atomic E-state index is 0.0198. The summed E-state index contributed by atoms with van der Waals surface area (Å²) >= 11 is 1.14. The normalized spacial score (nSPS) is 15.4. The average molecular weight is 449 g/mol. The quantitative estimate of drug-likeness (QED) is 0.609. The second kappa shape index (κ2) is 8.58. The molecule has 1 N–H and O–H groups in total. The van der Waals surface area contributed by atoms with E-state index in [1.807, 2.05) is 0 Å². The molecule has 10 nitrogen and oxygen atoms in total. The summed E-state index contributed by atoms with van der Waals surface area (Å²) in [5.74, 6) is -0.350. The van der Waals surface area contributed by atoms with Crippen LogP contribution in [0, 0.1) is 0 Å². The maximum absolute atomic E-state index is 12.9. The first-order valence-electron chi connectivity index (χ1n) is 9.45. The summed E-state index contributed by atoms with van der Waals surface area (Å²) in [6.45, 7) is 0. The lowest BCUT2D eigenvalue weighted by Crippen LogP contribution is -2.38. The Morgan fingerprint density at radius 2 is 1.87 bits per heavy atom. The lowest BCUT2D eigenvalue weighted by molar-refractivity contribution is 0.102. The maximum atomic E-state index is 12.9. The van der Waals surface area contributed by atoms with Crippen LogP contribution in [0.4, 0.5) is 6.01 Å². The smallest absolute Gasteiger partial charge is 0.322 e. The molecule has 3 aromatic rings. The number of hydrogen-bond donors (Lipinski definition) is 1. The van der Waals surface area contributed by atoms with E-state index >= 15 is 0 Å². The van der Waals surface area contributed by atoms with E-state index in [-0.39, 0.29) is 28.4 Å². The first-order chi connectivity index (χ1) is 14.4. The van der Waals surface area contributed by atoms with Crippen LogP contribution in [0.25, 0.3) is 11.6 Å². The summed E-state index contributed by atoms with van der Waals surface area (Å²) in [4.78, 5) is 12.6. The Morgan fingerprint density at radius 3 is 2.53 bits per heavy atom. The van der Waals surface area contributed by atoms with Gasteiger partial charge in [0.2, 0.25) is 10.0 Å². The van der Waals surface area contributed by atoms with Crippen LogP contribution in [-0.2, 0) is 10.0 Å². The third-order valence-corrected chi connectivity index (χ3v) is 7.54. The molecule has 1 aliphatic rings. The number of amides is 1. The van der Waals surface area contributed by atoms with Gasteiger partial charge in [-0.3, -0.25) is 10.1 Å². The predicted molar refractivity (Wildman–Crippen MR) is 109 cm³/mol. The molecule has 0 aliphatic heterocycles. The van der Waals surface area contributed by atoms with E-state index in [0.29, 0.717) is 5.69 Å². The highest BCUT2D eigenvalue weighted by Gasteiger charge is 2.29. The molecule has 0 bridgehead atoms. The van der Waals surface area contributed by atoms with Crippen molar-refractivity contribution >= 4 is 33.5 Å². The zero-order valence-corrected chi connectivity index (χ0v) is 17.8. The van der Waals surface area contributed by atoms with Crippen molar-refractivity contribution in [3.8, 4) is 11.6 Å². The van der Waals surface area contributed by atoms with E-state index in [2.05, 4.69) is 25.1 Å². The zero-order valence-electron chi connectivity index (χ0n) is 16.2. The van der Waals surface area contributed by atoms with Gasteiger partial charge in [-0.15, -0.1) is 10.2 Å². The number of hydrogen-bond acceptors (Lipinski definition) is 9. The van der Waals surface area contributed by atoms with Gasteiger partial charge in [0.15, 0.2) is 5.69 Å². The average Bonchev–Trinajstić information content (AvgIpc) is 3.46. The number of benzene rings is 1. The summed E-state index contributed by atoms with van der Waals surface area (Å²) in [5.41, 5.74) is 0.689. The van der Waals surface area contributed by atoms with Crippen molar-refractivity contribution in [1.82, 2.24) is 24.1 Å². The number of anilines is 1. The molecule has 1 aliphatic carbocycles. The zero-order chi connectivity index (χ0) is 21.1. The molecule has 0 atom stereocenters. The van der Waals surface area contributed by atoms with E-state index in [1.54, 1.807) is 12.4 Å². The number of carbonyl (C=O) groups excluding carboxylic acids is 1. The molecule has 1 aromatic carbocycles. The number of carbonyl (C=O) groups is 1. The van der Waals surface area contributed by atoms with Crippen molar-refractivity contribution in [2.24, 2.45) is 0 Å². The largest absolute Gasteiger partial charge is 0.401 e. The van der Waals surface area contributed by atoms with E-state index in [9.17, 15) is 13.2 Å². The summed E-state index contributed by atoms with van der Waals surface area (Å²) in [6, 6.07) is 5.72. The number of nitrogens with zero attached hydrogens (tertiary/aromatic N) is 5. The Labute approximate surface area is 177 Å². The molecule has 0 radical (unpaired) electrons. The number of rotatable bonds is 6. The summed E-state index contributed by atoms with van der Waals surface area (Å²) < 4.78 is 36.3. The van der Waals surface area contributed by atoms with Crippen molar-refractivity contribution in [2.75, 3.05) is 12.4 Å². The standard InChI is InChI=1S/C18H20N6O4S2/c1-24(13-5-3-2-4-6-13)30(26,27)14-9-7-12(8-10-14)16(25)19-18-22-21-17(28-18)15-11-29-23-20-15/h7-11,13H,2-6H2,1H3,(H,19,22,25). The maximum Gasteiger partial charge on any atom is 0.322 e. The van der Waals surface area contributed by atoms with Gasteiger partial charge in [0, 0.05) is 24.0 Å². The van der Waals surface area contributed by atoms with Crippen molar-refractivity contribution in [3.63, 3.8) is 0 Å². The van der Waals surface area contributed by atoms with Gasteiger partial charge in [-0.05, 0) is 48.6 Å². The summed E-state index contributed by atoms with van der Waals surface area (Å²) in [7, 11) is -1.99. The summed E-state index contributed by atoms with van der Waals surface area (Å²) in [6.07, 6.45) is 4.98. The molecule has 1 saturated carbocycles. The van der Waals surface area contributed by atoms with Gasteiger partial charge in [-0.25, -0.2) is 8.42 Å². The molecule has 0 spiro atoms. The minimum Gasteiger partial charge on any atom is -0.401 e. The molecule has 12 heteroatoms. The van der Waals surface area contributed by atoms with Crippen molar-refractivity contribution in [2.45, 2.75) is 43.0 Å². The van der Waals surface area contributed by atoms with Crippen LogP contribution in [0.3, 0.4) is 0 Å². The highest BCUT2D eigenvalue weighted by Crippen LogP contribution is 2.26. The van der Waals surface area contributed by atoms with Gasteiger partial charge in [0.05, 0.1) is 4.90 Å². The molecule has 4 rings (SSSR count). The first-order valence-corrected chi connectivity index (χ1v) is 11.7. The van der Waals surface area contributed by atoms with E-state index < -0.39 is 15.9 Å². The van der Waals surface area contributed by atoms with Crippen LogP contribution in [-0.4, -0.2) is 51.5 Å². The fraction of sp³-hybridized carbons (Fsp3) is 0.389. The Bertz CT molecular complexity index is 1110. The lowest BCUT2D eigenvalue weighted by Gasteiger charge is -2.30. The van der Waals surface area contributed by atoms with Crippen LogP contribution < -0.4 is 5.32 Å². The van der Waals surface area contributed by atoms with E-state index in [1.165, 1.54) is 28.6 Å². The van der Waals surface area contributed by atoms with Gasteiger partial charge in [0.1, 0.15) is 0 Å². The highest BCUT2D eigenvalue weighted by molar-refractivity contribution is 7.89. The molecule has 1 fully saturated rings. The Hall–Kier alpha value is -2.70. The molecule has 2 aromatic heterocycles. The van der Waals surface area contributed by atoms with Crippen LogP contribution in [0.15, 0.2) is 39.0 Å². The molecular weight excluding hydrogens is 428 g/mol. The van der Waals surface area contributed by atoms with Crippen LogP contribution in [0.1, 0.15) is 42.5 Å². The van der Waals surface area contributed by atoms with Crippen LogP contribution >= 0.6 is 11.5 Å². The number of aromatic nitrogens is 4. The van der Waals surface area contributed by atoms with E-state index in [4.69, 9.17) is 4.42 Å². The Balaban J connectivity index is 1.44. The molecule has 2 heterocycles. The fourth-order valence-corrected chi connectivity index (χ4v) is 5.24. The minimum atomic E-state index is -3.61. The molecule has 0 unspecified atom stereocenters. The second-order valence-electron chi connectivity index (χ2n) is 6.99. The molecule has 158 valence electrons. The molecule has 30 heavy (non-hydrogen) atoms. The SMILES string of the molecule is CN(C1CCCCC1)S(=O)(=O)c1ccc(C(=O)Nc2nnc(-c3csnn3)o2)cc1. The third kappa shape index (κ3) is 4.25. The highest BCUT2D eigenvalue weighted by atomic mass is 32.2. The Morgan fingerprint density at radius 1 is 1.13 bits per heavy atom. The second-order valence-corrected chi connectivity index (χ2v) is 9.60. The molecule has 0 saturated heterocycles. The van der Waals surface area contributed by atoms with Gasteiger partial charge in [-0.2, -0.15) is 4.31 Å². The number of sulfonamides is 1. The monoisotopic (exact) mass is 448 g/mol. The first kappa shape index (κ1) is 20.6.